The average molecular weight is 707 g/mol. The molecule has 2 aliphatic heterocycles. The number of carbonyl (C=O) groups excluding carboxylic acids is 3. The van der Waals surface area contributed by atoms with E-state index in [0.29, 0.717) is 124 Å². The molecular weight excluding hydrogens is 652 g/mol. The van der Waals surface area contributed by atoms with Gasteiger partial charge in [0.15, 0.2) is 0 Å². The first kappa shape index (κ1) is 41.8. The topological polar surface area (TPSA) is 201 Å². The van der Waals surface area contributed by atoms with E-state index < -0.39 is 0 Å². The first-order valence-electron chi connectivity index (χ1n) is 16.6. The molecule has 0 radical (unpaired) electrons. The maximum Gasteiger partial charge on any atom is 0.315 e. The van der Waals surface area contributed by atoms with E-state index in [-0.39, 0.29) is 36.4 Å². The number of ether oxygens (including phenoxy) is 8. The van der Waals surface area contributed by atoms with Crippen molar-refractivity contribution >= 4 is 29.7 Å². The van der Waals surface area contributed by atoms with Gasteiger partial charge in [0.25, 0.3) is 0 Å². The molecule has 48 heavy (non-hydrogen) atoms. The molecule has 2 fully saturated rings. The summed E-state index contributed by atoms with van der Waals surface area (Å²) in [6.45, 7) is 6.69. The number of hydrogen-bond donors (Lipinski definition) is 2. The van der Waals surface area contributed by atoms with E-state index >= 15 is 0 Å². The lowest BCUT2D eigenvalue weighted by Gasteiger charge is -2.23. The van der Waals surface area contributed by atoms with Crippen LogP contribution in [0.25, 0.3) is 10.4 Å². The highest BCUT2D eigenvalue weighted by molar-refractivity contribution is 8.00. The summed E-state index contributed by atoms with van der Waals surface area (Å²) in [4.78, 5) is 40.2. The summed E-state index contributed by atoms with van der Waals surface area (Å²) in [6, 6.07) is 0.290. The lowest BCUT2D eigenvalue weighted by Crippen LogP contribution is -2.37. The van der Waals surface area contributed by atoms with E-state index in [4.69, 9.17) is 38.7 Å². The number of fused-ring (bicyclic) bond motifs is 1. The second kappa shape index (κ2) is 28.4. The Morgan fingerprint density at radius 2 is 1.33 bits per heavy atom. The van der Waals surface area contributed by atoms with Gasteiger partial charge in [-0.15, -0.1) is 0 Å². The van der Waals surface area contributed by atoms with E-state index in [2.05, 4.69) is 25.4 Å². The Morgan fingerprint density at radius 3 is 1.90 bits per heavy atom. The zero-order chi connectivity index (χ0) is 34.5. The van der Waals surface area contributed by atoms with Crippen molar-refractivity contribution in [2.75, 3.05) is 125 Å². The molecule has 2 saturated heterocycles. The van der Waals surface area contributed by atoms with Crippen LogP contribution in [-0.4, -0.2) is 165 Å². The van der Waals surface area contributed by atoms with Crippen LogP contribution in [0, 0.1) is 0 Å². The second-order valence-corrected chi connectivity index (χ2v) is 12.1. The lowest BCUT2D eigenvalue weighted by atomic mass is 10.0. The number of urea groups is 1. The van der Waals surface area contributed by atoms with Crippen LogP contribution >= 0.6 is 11.8 Å². The molecule has 0 spiro atoms. The van der Waals surface area contributed by atoms with Gasteiger partial charge in [-0.1, -0.05) is 11.5 Å². The maximum absolute atomic E-state index is 13.1. The van der Waals surface area contributed by atoms with Crippen LogP contribution < -0.4 is 10.6 Å². The number of nitrogens with zero attached hydrogens (tertiary/aromatic N) is 4. The fraction of sp³-hybridized carbons (Fsp3) is 0.900. The molecule has 0 bridgehead atoms. The number of azide groups is 1. The van der Waals surface area contributed by atoms with Crippen LogP contribution in [-0.2, 0) is 47.5 Å². The minimum atomic E-state index is -0.305. The predicted molar refractivity (Wildman–Crippen MR) is 177 cm³/mol. The van der Waals surface area contributed by atoms with Crippen LogP contribution in [0.3, 0.4) is 0 Å². The van der Waals surface area contributed by atoms with Gasteiger partial charge in [-0.25, -0.2) is 4.79 Å². The molecule has 0 aromatic heterocycles. The summed E-state index contributed by atoms with van der Waals surface area (Å²) >= 11 is 1.88. The van der Waals surface area contributed by atoms with Crippen molar-refractivity contribution in [3.05, 3.63) is 10.4 Å². The number of thioether (sulfide) groups is 1. The molecular formula is C30H54N6O11S. The van der Waals surface area contributed by atoms with Gasteiger partial charge < -0.3 is 53.4 Å². The monoisotopic (exact) mass is 706 g/mol. The molecule has 0 aliphatic carbocycles. The van der Waals surface area contributed by atoms with E-state index in [1.54, 1.807) is 4.90 Å². The normalized spacial score (nSPS) is 18.2. The minimum absolute atomic E-state index is 0.0618. The molecule has 0 saturated carbocycles. The molecule has 2 N–H and O–H groups in total. The van der Waals surface area contributed by atoms with Crippen LogP contribution in [0.15, 0.2) is 5.11 Å². The highest BCUT2D eigenvalue weighted by atomic mass is 32.2. The zero-order valence-corrected chi connectivity index (χ0v) is 29.0. The number of hydrogen-bond acceptors (Lipinski definition) is 13. The van der Waals surface area contributed by atoms with Gasteiger partial charge in [-0.05, 0) is 18.4 Å². The quantitative estimate of drug-likeness (QED) is 0.0256. The van der Waals surface area contributed by atoms with Gasteiger partial charge >= 0.3 is 12.0 Å². The number of nitrogens with one attached hydrogen (secondary N) is 2. The van der Waals surface area contributed by atoms with Gasteiger partial charge in [0, 0.05) is 42.0 Å². The SMILES string of the molecule is COC(=O)CCOCCOCCOCCOCCN(CCOCCOCCOCCN=[N+]=[N-])C(=O)CCCC[C@H]1SC[C@H]2NC(=O)N[C@H]21. The maximum atomic E-state index is 13.1. The van der Waals surface area contributed by atoms with Crippen LogP contribution in [0.1, 0.15) is 32.1 Å². The molecule has 2 rings (SSSR count). The third-order valence-electron chi connectivity index (χ3n) is 7.37. The number of unbranched alkanes of at least 4 members (excludes halogenated alkanes) is 1. The summed E-state index contributed by atoms with van der Waals surface area (Å²) in [7, 11) is 1.34. The van der Waals surface area contributed by atoms with Crippen molar-refractivity contribution in [2.45, 2.75) is 49.4 Å². The first-order chi connectivity index (χ1) is 23.5. The lowest BCUT2D eigenvalue weighted by molar-refractivity contribution is -0.142. The van der Waals surface area contributed by atoms with Gasteiger partial charge in [0.05, 0.1) is 118 Å². The van der Waals surface area contributed by atoms with Crippen LogP contribution in [0.2, 0.25) is 0 Å². The van der Waals surface area contributed by atoms with Gasteiger partial charge in [-0.3, -0.25) is 9.59 Å². The van der Waals surface area contributed by atoms with Crippen molar-refractivity contribution in [3.8, 4) is 0 Å². The molecule has 2 aliphatic rings. The highest BCUT2D eigenvalue weighted by Crippen LogP contribution is 2.33. The Morgan fingerprint density at radius 1 is 0.792 bits per heavy atom. The Bertz CT molecular complexity index is 934. The average Bonchev–Trinajstić information content (AvgIpc) is 3.64. The van der Waals surface area contributed by atoms with Crippen molar-refractivity contribution < 1.29 is 52.3 Å². The Balaban J connectivity index is 1.55. The Kier molecular flexibility index (Phi) is 24.7. The molecule has 0 aromatic carbocycles. The first-order valence-corrected chi connectivity index (χ1v) is 17.7. The van der Waals surface area contributed by atoms with Crippen LogP contribution in [0.5, 0.6) is 0 Å². The standard InChI is InChI=1S/C30H54N6O11S/c1-40-28(38)6-10-41-14-18-45-22-23-47-21-17-44-13-9-36(8-12-43-16-20-46-19-15-42-11-7-32-35-31)27(37)5-3-2-4-26-29-25(24-48-26)33-30(39)34-29/h25-26,29H,2-24H2,1H3,(H2,33,34,39)/t25-,26-,29-/m1/s1. The minimum Gasteiger partial charge on any atom is -0.469 e. The van der Waals surface area contributed by atoms with Gasteiger partial charge in [0.1, 0.15) is 0 Å². The number of rotatable bonds is 32. The second-order valence-electron chi connectivity index (χ2n) is 10.8. The van der Waals surface area contributed by atoms with Crippen molar-refractivity contribution in [1.82, 2.24) is 15.5 Å². The van der Waals surface area contributed by atoms with Gasteiger partial charge in [0.2, 0.25) is 5.91 Å². The molecule has 18 heteroatoms. The molecule has 3 atom stereocenters. The molecule has 17 nitrogen and oxygen atoms in total. The van der Waals surface area contributed by atoms with Crippen molar-refractivity contribution in [1.29, 1.82) is 0 Å². The summed E-state index contributed by atoms with van der Waals surface area (Å²) in [5.41, 5.74) is 8.24. The van der Waals surface area contributed by atoms with E-state index in [1.165, 1.54) is 7.11 Å². The molecule has 0 aromatic rings. The third kappa shape index (κ3) is 20.2. The van der Waals surface area contributed by atoms with Crippen molar-refractivity contribution in [3.63, 3.8) is 0 Å². The summed E-state index contributed by atoms with van der Waals surface area (Å²) in [5.74, 6) is 0.681. The molecule has 3 amide bonds. The highest BCUT2D eigenvalue weighted by Gasteiger charge is 2.42. The largest absolute Gasteiger partial charge is 0.469 e. The van der Waals surface area contributed by atoms with Crippen LogP contribution in [0.4, 0.5) is 4.79 Å². The Labute approximate surface area is 287 Å². The number of methoxy groups -OCH3 is 1. The number of amides is 3. The zero-order valence-electron chi connectivity index (χ0n) is 28.2. The van der Waals surface area contributed by atoms with E-state index in [0.717, 1.165) is 25.0 Å². The summed E-state index contributed by atoms with van der Waals surface area (Å²) < 4.78 is 43.0. The van der Waals surface area contributed by atoms with Crippen molar-refractivity contribution in [2.24, 2.45) is 5.11 Å². The molecule has 2 heterocycles. The van der Waals surface area contributed by atoms with Gasteiger partial charge in [-0.2, -0.15) is 11.8 Å². The summed E-state index contributed by atoms with van der Waals surface area (Å²) in [6.07, 6.45) is 3.32. The molecule has 276 valence electrons. The summed E-state index contributed by atoms with van der Waals surface area (Å²) in [5, 5.41) is 9.75. The number of carbonyl (C=O) groups is 3. The van der Waals surface area contributed by atoms with E-state index in [1.807, 2.05) is 11.8 Å². The molecule has 0 unspecified atom stereocenters. The fourth-order valence-electron chi connectivity index (χ4n) is 4.84. The Hall–Kier alpha value is -2.41. The van der Waals surface area contributed by atoms with E-state index in [9.17, 15) is 14.4 Å². The predicted octanol–water partition coefficient (Wildman–Crippen LogP) is 1.53. The fourth-order valence-corrected chi connectivity index (χ4v) is 6.39. The number of esters is 1. The third-order valence-corrected chi connectivity index (χ3v) is 8.88. The smallest absolute Gasteiger partial charge is 0.315 e.